The van der Waals surface area contributed by atoms with Gasteiger partial charge in [-0.05, 0) is 68.8 Å². The van der Waals surface area contributed by atoms with Gasteiger partial charge >= 0.3 is 0 Å². The van der Waals surface area contributed by atoms with Gasteiger partial charge in [-0.25, -0.2) is 15.0 Å². The van der Waals surface area contributed by atoms with E-state index >= 15 is 0 Å². The molecule has 8 aromatic carbocycles. The summed E-state index contributed by atoms with van der Waals surface area (Å²) in [7, 11) is 0. The lowest BCUT2D eigenvalue weighted by Crippen LogP contribution is -2.28. The van der Waals surface area contributed by atoms with Crippen molar-refractivity contribution in [2.45, 2.75) is 5.41 Å². The van der Waals surface area contributed by atoms with E-state index in [1.54, 1.807) is 11.3 Å². The fourth-order valence-corrected chi connectivity index (χ4v) is 9.88. The molecule has 0 saturated carbocycles. The molecule has 262 valence electrons. The molecule has 3 nitrogen and oxygen atoms in total. The van der Waals surface area contributed by atoms with Crippen molar-refractivity contribution in [3.05, 3.63) is 222 Å². The summed E-state index contributed by atoms with van der Waals surface area (Å²) in [5, 5.41) is 2.52. The minimum absolute atomic E-state index is 0.567. The summed E-state index contributed by atoms with van der Waals surface area (Å²) in [5.41, 5.74) is 11.8. The van der Waals surface area contributed by atoms with E-state index in [1.165, 1.54) is 53.6 Å². The third kappa shape index (κ3) is 5.07. The highest BCUT2D eigenvalue weighted by molar-refractivity contribution is 7.25. The second-order valence-electron chi connectivity index (χ2n) is 14.3. The van der Waals surface area contributed by atoms with Crippen molar-refractivity contribution >= 4 is 31.5 Å². The fraction of sp³-hybridized carbons (Fsp3) is 0.0192. The Labute approximate surface area is 329 Å². The molecule has 2 aromatic heterocycles. The Morgan fingerprint density at radius 3 is 1.59 bits per heavy atom. The molecular formula is C52H33N3S. The van der Waals surface area contributed by atoms with E-state index in [1.807, 2.05) is 18.2 Å². The SMILES string of the molecule is c1ccc(-c2nc(-c3ccc4c(c3)sc3ccccc34)nc(-c3cc4c(cc3-c3ccccc3)-c3ccccc3C4(c3ccccc3)c3ccccc3)n2)cc1. The van der Waals surface area contributed by atoms with Crippen molar-refractivity contribution in [3.8, 4) is 56.4 Å². The second kappa shape index (κ2) is 13.1. The standard InChI is InChI=1S/C52H33N3S/c1-5-17-34(18-6-1)42-32-43-39-25-13-15-27-45(39)52(37-21-9-3-10-22-37,38-23-11-4-12-24-38)46(43)33-44(42)51-54-49(35-19-7-2-8-20-35)53-50(55-51)36-29-30-41-40-26-14-16-28-47(40)56-48(41)31-36/h1-33H. The summed E-state index contributed by atoms with van der Waals surface area (Å²) in [5.74, 6) is 1.92. The first-order chi connectivity index (χ1) is 27.8. The first-order valence-corrected chi connectivity index (χ1v) is 19.8. The van der Waals surface area contributed by atoms with Crippen LogP contribution in [-0.2, 0) is 5.41 Å². The zero-order chi connectivity index (χ0) is 37.1. The van der Waals surface area contributed by atoms with Crippen LogP contribution < -0.4 is 0 Å². The molecule has 11 rings (SSSR count). The topological polar surface area (TPSA) is 38.7 Å². The summed E-state index contributed by atoms with van der Waals surface area (Å²) >= 11 is 1.80. The summed E-state index contributed by atoms with van der Waals surface area (Å²) in [6.45, 7) is 0. The quantitative estimate of drug-likeness (QED) is 0.171. The van der Waals surface area contributed by atoms with E-state index in [4.69, 9.17) is 15.0 Å². The van der Waals surface area contributed by atoms with Crippen molar-refractivity contribution in [2.24, 2.45) is 0 Å². The van der Waals surface area contributed by atoms with Gasteiger partial charge in [0, 0.05) is 36.9 Å². The molecule has 0 radical (unpaired) electrons. The molecule has 0 fully saturated rings. The maximum atomic E-state index is 5.40. The molecule has 0 spiro atoms. The second-order valence-corrected chi connectivity index (χ2v) is 15.4. The number of thiophene rings is 1. The molecule has 0 atom stereocenters. The van der Waals surface area contributed by atoms with Crippen LogP contribution in [0.25, 0.3) is 76.6 Å². The Balaban J connectivity index is 1.22. The van der Waals surface area contributed by atoms with Crippen molar-refractivity contribution in [2.75, 3.05) is 0 Å². The zero-order valence-electron chi connectivity index (χ0n) is 30.3. The van der Waals surface area contributed by atoms with Crippen molar-refractivity contribution in [3.63, 3.8) is 0 Å². The largest absolute Gasteiger partial charge is 0.208 e. The molecule has 10 aromatic rings. The predicted octanol–water partition coefficient (Wildman–Crippen LogP) is 13.3. The van der Waals surface area contributed by atoms with Gasteiger partial charge < -0.3 is 0 Å². The van der Waals surface area contributed by atoms with Gasteiger partial charge in [0.1, 0.15) is 0 Å². The van der Waals surface area contributed by atoms with Gasteiger partial charge in [0.25, 0.3) is 0 Å². The van der Waals surface area contributed by atoms with Crippen LogP contribution in [0.15, 0.2) is 200 Å². The number of aromatic nitrogens is 3. The monoisotopic (exact) mass is 731 g/mol. The van der Waals surface area contributed by atoms with Crippen molar-refractivity contribution in [1.29, 1.82) is 0 Å². The molecule has 0 N–H and O–H groups in total. The van der Waals surface area contributed by atoms with Crippen LogP contribution >= 0.6 is 11.3 Å². The van der Waals surface area contributed by atoms with Crippen molar-refractivity contribution < 1.29 is 0 Å². The van der Waals surface area contributed by atoms with Crippen LogP contribution in [-0.4, -0.2) is 15.0 Å². The molecule has 56 heavy (non-hydrogen) atoms. The van der Waals surface area contributed by atoms with Crippen LogP contribution in [0, 0.1) is 0 Å². The number of nitrogens with zero attached hydrogens (tertiary/aromatic N) is 3. The Morgan fingerprint density at radius 1 is 0.321 bits per heavy atom. The minimum atomic E-state index is -0.567. The highest BCUT2D eigenvalue weighted by Gasteiger charge is 2.46. The van der Waals surface area contributed by atoms with E-state index in [9.17, 15) is 0 Å². The lowest BCUT2D eigenvalue weighted by molar-refractivity contribution is 0.768. The lowest BCUT2D eigenvalue weighted by atomic mass is 9.67. The molecule has 2 heterocycles. The summed E-state index contributed by atoms with van der Waals surface area (Å²) in [6, 6.07) is 71.6. The molecule has 0 saturated heterocycles. The highest BCUT2D eigenvalue weighted by Crippen LogP contribution is 2.58. The molecule has 0 aliphatic heterocycles. The van der Waals surface area contributed by atoms with Gasteiger partial charge in [0.05, 0.1) is 5.41 Å². The van der Waals surface area contributed by atoms with E-state index in [0.717, 1.165) is 27.8 Å². The maximum Gasteiger partial charge on any atom is 0.164 e. The molecular weight excluding hydrogens is 699 g/mol. The van der Waals surface area contributed by atoms with Gasteiger partial charge in [-0.3, -0.25) is 0 Å². The number of rotatable bonds is 6. The molecule has 1 aliphatic rings. The predicted molar refractivity (Wildman–Crippen MR) is 232 cm³/mol. The first kappa shape index (κ1) is 32.4. The summed E-state index contributed by atoms with van der Waals surface area (Å²) < 4.78 is 2.48. The van der Waals surface area contributed by atoms with Crippen LogP contribution in [0.5, 0.6) is 0 Å². The van der Waals surface area contributed by atoms with E-state index < -0.39 is 5.41 Å². The Hall–Kier alpha value is -7.01. The summed E-state index contributed by atoms with van der Waals surface area (Å²) in [4.78, 5) is 15.9. The minimum Gasteiger partial charge on any atom is -0.208 e. The third-order valence-electron chi connectivity index (χ3n) is 11.2. The van der Waals surface area contributed by atoms with Gasteiger partial charge in [0.15, 0.2) is 17.5 Å². The molecule has 0 bridgehead atoms. The van der Waals surface area contributed by atoms with Gasteiger partial charge in [-0.1, -0.05) is 176 Å². The normalized spacial score (nSPS) is 12.8. The molecule has 4 heteroatoms. The zero-order valence-corrected chi connectivity index (χ0v) is 31.1. The summed E-state index contributed by atoms with van der Waals surface area (Å²) in [6.07, 6.45) is 0. The Bertz CT molecular complexity index is 3030. The fourth-order valence-electron chi connectivity index (χ4n) is 8.74. The van der Waals surface area contributed by atoms with E-state index in [2.05, 4.69) is 182 Å². The van der Waals surface area contributed by atoms with Crippen LogP contribution in [0.2, 0.25) is 0 Å². The van der Waals surface area contributed by atoms with Crippen molar-refractivity contribution in [1.82, 2.24) is 15.0 Å². The lowest BCUT2D eigenvalue weighted by Gasteiger charge is -2.34. The average molecular weight is 732 g/mol. The molecule has 1 aliphatic carbocycles. The molecule has 0 amide bonds. The van der Waals surface area contributed by atoms with E-state index in [0.29, 0.717) is 17.5 Å². The maximum absolute atomic E-state index is 5.40. The van der Waals surface area contributed by atoms with E-state index in [-0.39, 0.29) is 0 Å². The number of hydrogen-bond donors (Lipinski definition) is 0. The third-order valence-corrected chi connectivity index (χ3v) is 12.4. The molecule has 0 unspecified atom stereocenters. The Kier molecular flexibility index (Phi) is 7.58. The van der Waals surface area contributed by atoms with Crippen LogP contribution in [0.3, 0.4) is 0 Å². The van der Waals surface area contributed by atoms with Crippen LogP contribution in [0.1, 0.15) is 22.3 Å². The highest BCUT2D eigenvalue weighted by atomic mass is 32.1. The van der Waals surface area contributed by atoms with Gasteiger partial charge in [0.2, 0.25) is 0 Å². The number of hydrogen-bond acceptors (Lipinski definition) is 4. The Morgan fingerprint density at radius 2 is 0.875 bits per heavy atom. The van der Waals surface area contributed by atoms with Crippen LogP contribution in [0.4, 0.5) is 0 Å². The first-order valence-electron chi connectivity index (χ1n) is 18.9. The van der Waals surface area contributed by atoms with Gasteiger partial charge in [-0.2, -0.15) is 0 Å². The van der Waals surface area contributed by atoms with Gasteiger partial charge in [-0.15, -0.1) is 11.3 Å². The number of fused-ring (bicyclic) bond motifs is 6. The number of benzene rings is 8. The average Bonchev–Trinajstić information content (AvgIpc) is 3.80. The smallest absolute Gasteiger partial charge is 0.164 e.